The molecule has 0 aliphatic carbocycles. The number of phenolic OH excluding ortho intramolecular Hbond substituents is 1. The summed E-state index contributed by atoms with van der Waals surface area (Å²) in [5.41, 5.74) is 1.52. The highest BCUT2D eigenvalue weighted by molar-refractivity contribution is 5.61. The first-order valence-electron chi connectivity index (χ1n) is 7.03. The monoisotopic (exact) mass is 275 g/mol. The molecule has 1 heterocycles. The van der Waals surface area contributed by atoms with E-state index < -0.39 is 0 Å². The standard InChI is InChI=1S/C15H21N3O2/c1-4-9-16-12(5-2)15-18-17-14(20-15)11-7-6-8-13(19)10(11)3/h6-8,12,16,19H,4-5,9H2,1-3H3. The molecule has 1 aromatic carbocycles. The van der Waals surface area contributed by atoms with E-state index in [1.807, 2.05) is 13.0 Å². The van der Waals surface area contributed by atoms with Crippen molar-refractivity contribution in [1.82, 2.24) is 15.5 Å². The molecule has 108 valence electrons. The van der Waals surface area contributed by atoms with E-state index in [0.717, 1.165) is 30.5 Å². The lowest BCUT2D eigenvalue weighted by Crippen LogP contribution is -2.21. The molecule has 5 heteroatoms. The van der Waals surface area contributed by atoms with E-state index in [2.05, 4.69) is 29.4 Å². The molecular formula is C15H21N3O2. The summed E-state index contributed by atoms with van der Waals surface area (Å²) in [6.07, 6.45) is 1.95. The second kappa shape index (κ2) is 6.52. The number of hydrogen-bond acceptors (Lipinski definition) is 5. The number of rotatable bonds is 6. The Labute approximate surface area is 119 Å². The van der Waals surface area contributed by atoms with Crippen LogP contribution in [0.5, 0.6) is 5.75 Å². The van der Waals surface area contributed by atoms with Crippen molar-refractivity contribution in [2.75, 3.05) is 6.54 Å². The number of benzene rings is 1. The maximum absolute atomic E-state index is 9.74. The molecule has 0 aliphatic heterocycles. The Hall–Kier alpha value is -1.88. The lowest BCUT2D eigenvalue weighted by Gasteiger charge is -2.11. The second-order valence-electron chi connectivity index (χ2n) is 4.81. The smallest absolute Gasteiger partial charge is 0.248 e. The van der Waals surface area contributed by atoms with Crippen molar-refractivity contribution in [2.24, 2.45) is 0 Å². The lowest BCUT2D eigenvalue weighted by atomic mass is 10.1. The lowest BCUT2D eigenvalue weighted by molar-refractivity contribution is 0.396. The zero-order chi connectivity index (χ0) is 14.5. The minimum Gasteiger partial charge on any atom is -0.508 e. The predicted octanol–water partition coefficient (Wildman–Crippen LogP) is 3.20. The van der Waals surface area contributed by atoms with Crippen LogP contribution in [0.25, 0.3) is 11.5 Å². The van der Waals surface area contributed by atoms with E-state index in [1.54, 1.807) is 12.1 Å². The Morgan fingerprint density at radius 1 is 1.30 bits per heavy atom. The van der Waals surface area contributed by atoms with Gasteiger partial charge in [-0.3, -0.25) is 0 Å². The van der Waals surface area contributed by atoms with Crippen LogP contribution in [0.4, 0.5) is 0 Å². The van der Waals surface area contributed by atoms with Gasteiger partial charge in [0.25, 0.3) is 0 Å². The molecule has 0 radical (unpaired) electrons. The molecule has 1 aromatic heterocycles. The van der Waals surface area contributed by atoms with Gasteiger partial charge in [0.05, 0.1) is 6.04 Å². The van der Waals surface area contributed by atoms with Crippen LogP contribution in [0.2, 0.25) is 0 Å². The van der Waals surface area contributed by atoms with Crippen LogP contribution in [0.15, 0.2) is 22.6 Å². The van der Waals surface area contributed by atoms with Crippen molar-refractivity contribution < 1.29 is 9.52 Å². The molecule has 0 fully saturated rings. The summed E-state index contributed by atoms with van der Waals surface area (Å²) in [7, 11) is 0. The molecule has 0 spiro atoms. The minimum absolute atomic E-state index is 0.0776. The summed E-state index contributed by atoms with van der Waals surface area (Å²) >= 11 is 0. The molecule has 2 N–H and O–H groups in total. The van der Waals surface area contributed by atoms with Crippen LogP contribution >= 0.6 is 0 Å². The molecule has 0 bridgehead atoms. The molecule has 1 atom stereocenters. The van der Waals surface area contributed by atoms with Crippen molar-refractivity contribution in [2.45, 2.75) is 39.7 Å². The number of nitrogens with zero attached hydrogens (tertiary/aromatic N) is 2. The third-order valence-corrected chi connectivity index (χ3v) is 3.32. The van der Waals surface area contributed by atoms with Crippen LogP contribution in [0.1, 0.15) is 44.2 Å². The van der Waals surface area contributed by atoms with Gasteiger partial charge in [-0.2, -0.15) is 0 Å². The van der Waals surface area contributed by atoms with Crippen molar-refractivity contribution in [3.05, 3.63) is 29.7 Å². The van der Waals surface area contributed by atoms with Gasteiger partial charge in [0.2, 0.25) is 11.8 Å². The van der Waals surface area contributed by atoms with Gasteiger partial charge in [-0.05, 0) is 38.4 Å². The van der Waals surface area contributed by atoms with Crippen LogP contribution in [-0.4, -0.2) is 21.8 Å². The highest BCUT2D eigenvalue weighted by atomic mass is 16.4. The van der Waals surface area contributed by atoms with Gasteiger partial charge in [0.1, 0.15) is 5.75 Å². The predicted molar refractivity (Wildman–Crippen MR) is 77.5 cm³/mol. The zero-order valence-electron chi connectivity index (χ0n) is 12.2. The van der Waals surface area contributed by atoms with Gasteiger partial charge in [0.15, 0.2) is 0 Å². The summed E-state index contributed by atoms with van der Waals surface area (Å²) in [6, 6.07) is 5.36. The molecule has 5 nitrogen and oxygen atoms in total. The Morgan fingerprint density at radius 2 is 2.10 bits per heavy atom. The molecular weight excluding hydrogens is 254 g/mol. The minimum atomic E-state index is 0.0776. The van der Waals surface area contributed by atoms with Crippen LogP contribution in [0.3, 0.4) is 0 Å². The fourth-order valence-corrected chi connectivity index (χ4v) is 2.06. The average Bonchev–Trinajstić information content (AvgIpc) is 2.92. The highest BCUT2D eigenvalue weighted by Gasteiger charge is 2.18. The van der Waals surface area contributed by atoms with E-state index >= 15 is 0 Å². The first-order valence-corrected chi connectivity index (χ1v) is 7.03. The fraction of sp³-hybridized carbons (Fsp3) is 0.467. The van der Waals surface area contributed by atoms with E-state index in [9.17, 15) is 5.11 Å². The molecule has 0 saturated heterocycles. The topological polar surface area (TPSA) is 71.2 Å². The second-order valence-corrected chi connectivity index (χ2v) is 4.81. The maximum atomic E-state index is 9.74. The molecule has 1 unspecified atom stereocenters. The number of aromatic nitrogens is 2. The SMILES string of the molecule is CCCNC(CC)c1nnc(-c2cccc(O)c2C)o1. The molecule has 0 aliphatic rings. The van der Waals surface area contributed by atoms with Crippen molar-refractivity contribution in [1.29, 1.82) is 0 Å². The van der Waals surface area contributed by atoms with Crippen molar-refractivity contribution in [3.8, 4) is 17.2 Å². The summed E-state index contributed by atoms with van der Waals surface area (Å²) in [5.74, 6) is 1.28. The summed E-state index contributed by atoms with van der Waals surface area (Å²) in [5, 5.41) is 21.3. The highest BCUT2D eigenvalue weighted by Crippen LogP contribution is 2.29. The zero-order valence-corrected chi connectivity index (χ0v) is 12.2. The molecule has 0 saturated carbocycles. The molecule has 2 aromatic rings. The van der Waals surface area contributed by atoms with Gasteiger partial charge in [0, 0.05) is 11.1 Å². The molecule has 2 rings (SSSR count). The van der Waals surface area contributed by atoms with Crippen LogP contribution in [0, 0.1) is 6.92 Å². The summed E-state index contributed by atoms with van der Waals surface area (Å²) in [6.45, 7) is 6.95. The number of phenols is 1. The van der Waals surface area contributed by atoms with Gasteiger partial charge in [-0.15, -0.1) is 10.2 Å². The normalized spacial score (nSPS) is 12.6. The van der Waals surface area contributed by atoms with Crippen LogP contribution in [-0.2, 0) is 0 Å². The van der Waals surface area contributed by atoms with E-state index in [1.165, 1.54) is 0 Å². The summed E-state index contributed by atoms with van der Waals surface area (Å²) < 4.78 is 5.76. The third kappa shape index (κ3) is 2.99. The number of aromatic hydroxyl groups is 1. The Bertz CT molecular complexity index is 566. The number of nitrogens with one attached hydrogen (secondary N) is 1. The van der Waals surface area contributed by atoms with E-state index in [0.29, 0.717) is 11.8 Å². The first-order chi connectivity index (χ1) is 9.67. The Kier molecular flexibility index (Phi) is 4.74. The average molecular weight is 275 g/mol. The Morgan fingerprint density at radius 3 is 2.80 bits per heavy atom. The van der Waals surface area contributed by atoms with E-state index in [4.69, 9.17) is 4.42 Å². The Balaban J connectivity index is 2.26. The van der Waals surface area contributed by atoms with Crippen LogP contribution < -0.4 is 5.32 Å². The van der Waals surface area contributed by atoms with Gasteiger partial charge >= 0.3 is 0 Å². The fourth-order valence-electron chi connectivity index (χ4n) is 2.06. The van der Waals surface area contributed by atoms with Gasteiger partial charge in [-0.1, -0.05) is 19.9 Å². The maximum Gasteiger partial charge on any atom is 0.248 e. The quantitative estimate of drug-likeness (QED) is 0.847. The number of hydrogen-bond donors (Lipinski definition) is 2. The van der Waals surface area contributed by atoms with E-state index in [-0.39, 0.29) is 11.8 Å². The molecule has 0 amide bonds. The third-order valence-electron chi connectivity index (χ3n) is 3.32. The van der Waals surface area contributed by atoms with Gasteiger partial charge in [-0.25, -0.2) is 0 Å². The summed E-state index contributed by atoms with van der Waals surface area (Å²) in [4.78, 5) is 0. The van der Waals surface area contributed by atoms with Crippen molar-refractivity contribution in [3.63, 3.8) is 0 Å². The first kappa shape index (κ1) is 14.5. The molecule has 20 heavy (non-hydrogen) atoms. The largest absolute Gasteiger partial charge is 0.508 e. The van der Waals surface area contributed by atoms with Gasteiger partial charge < -0.3 is 14.8 Å². The van der Waals surface area contributed by atoms with Crippen molar-refractivity contribution >= 4 is 0 Å².